The normalized spacial score (nSPS) is 30.4. The third kappa shape index (κ3) is 2.90. The minimum absolute atomic E-state index is 0.253. The minimum Gasteiger partial charge on any atom is -0.394 e. The lowest BCUT2D eigenvalue weighted by atomic mass is 10.2. The minimum atomic E-state index is -0.783. The Labute approximate surface area is 127 Å². The zero-order chi connectivity index (χ0) is 15.7. The fourth-order valence-electron chi connectivity index (χ4n) is 2.80. The van der Waals surface area contributed by atoms with Crippen LogP contribution in [0.5, 0.6) is 0 Å². The summed E-state index contributed by atoms with van der Waals surface area (Å²) >= 11 is 0. The highest BCUT2D eigenvalue weighted by atomic mass is 16.5. The number of aliphatic imine (C=N–C) groups is 1. The maximum absolute atomic E-state index is 12.1. The molecule has 22 heavy (non-hydrogen) atoms. The van der Waals surface area contributed by atoms with Gasteiger partial charge >= 0.3 is 5.69 Å². The molecule has 2 saturated heterocycles. The van der Waals surface area contributed by atoms with Crippen LogP contribution in [-0.4, -0.2) is 62.9 Å². The number of rotatable bonds is 3. The summed E-state index contributed by atoms with van der Waals surface area (Å²) in [6.07, 6.45) is 1.71. The highest BCUT2D eigenvalue weighted by Crippen LogP contribution is 2.27. The Balaban J connectivity index is 1.80. The third-order valence-electron chi connectivity index (χ3n) is 4.09. The van der Waals surface area contributed by atoms with E-state index < -0.39 is 24.1 Å². The van der Waals surface area contributed by atoms with Crippen molar-refractivity contribution in [3.05, 3.63) is 22.7 Å². The Kier molecular flexibility index (Phi) is 4.23. The average Bonchev–Trinajstić information content (AvgIpc) is 3.05. The van der Waals surface area contributed by atoms with Gasteiger partial charge in [-0.05, 0) is 12.5 Å². The van der Waals surface area contributed by atoms with Crippen LogP contribution >= 0.6 is 0 Å². The van der Waals surface area contributed by atoms with E-state index in [1.54, 1.807) is 12.3 Å². The van der Waals surface area contributed by atoms with Crippen molar-refractivity contribution in [1.82, 2.24) is 14.5 Å². The number of aliphatic hydroxyl groups excluding tert-OH is 2. The van der Waals surface area contributed by atoms with Crippen molar-refractivity contribution in [2.45, 2.75) is 37.7 Å². The van der Waals surface area contributed by atoms with Crippen LogP contribution in [0.1, 0.15) is 25.5 Å². The largest absolute Gasteiger partial charge is 0.394 e. The molecule has 2 fully saturated rings. The summed E-state index contributed by atoms with van der Waals surface area (Å²) in [5.74, 6) is 1.31. The number of nitrogens with zero attached hydrogens (tertiary/aromatic N) is 4. The number of likely N-dealkylation sites (tertiary alicyclic amines) is 1. The van der Waals surface area contributed by atoms with Gasteiger partial charge < -0.3 is 19.8 Å². The van der Waals surface area contributed by atoms with Crippen LogP contribution < -0.4 is 5.69 Å². The Hall–Kier alpha value is -1.77. The average molecular weight is 308 g/mol. The molecule has 8 heteroatoms. The van der Waals surface area contributed by atoms with Gasteiger partial charge in [-0.1, -0.05) is 0 Å². The van der Waals surface area contributed by atoms with Crippen molar-refractivity contribution in [3.63, 3.8) is 0 Å². The Morgan fingerprint density at radius 1 is 1.55 bits per heavy atom. The molecule has 3 heterocycles. The lowest BCUT2D eigenvalue weighted by Gasteiger charge is -2.14. The van der Waals surface area contributed by atoms with Gasteiger partial charge in [0.1, 0.15) is 18.2 Å². The first-order valence-corrected chi connectivity index (χ1v) is 7.41. The summed E-state index contributed by atoms with van der Waals surface area (Å²) < 4.78 is 6.78. The van der Waals surface area contributed by atoms with Crippen molar-refractivity contribution >= 4 is 11.7 Å². The molecule has 0 amide bonds. The van der Waals surface area contributed by atoms with Gasteiger partial charge in [-0.3, -0.25) is 4.57 Å². The highest BCUT2D eigenvalue weighted by Gasteiger charge is 2.34. The Morgan fingerprint density at radius 3 is 2.95 bits per heavy atom. The molecule has 1 aromatic heterocycles. The quantitative estimate of drug-likeness (QED) is 0.791. The van der Waals surface area contributed by atoms with E-state index in [-0.39, 0.29) is 13.0 Å². The van der Waals surface area contributed by atoms with Crippen LogP contribution in [0.2, 0.25) is 0 Å². The lowest BCUT2D eigenvalue weighted by molar-refractivity contribution is -0.0458. The Morgan fingerprint density at radius 2 is 2.36 bits per heavy atom. The molecule has 3 rings (SSSR count). The third-order valence-corrected chi connectivity index (χ3v) is 4.09. The van der Waals surface area contributed by atoms with E-state index in [4.69, 9.17) is 9.84 Å². The van der Waals surface area contributed by atoms with Gasteiger partial charge in [-0.15, -0.1) is 0 Å². The number of hydrogen-bond donors (Lipinski definition) is 2. The smallest absolute Gasteiger partial charge is 0.351 e. The predicted molar refractivity (Wildman–Crippen MR) is 79.1 cm³/mol. The van der Waals surface area contributed by atoms with E-state index in [9.17, 15) is 9.90 Å². The summed E-state index contributed by atoms with van der Waals surface area (Å²) in [4.78, 5) is 22.5. The van der Waals surface area contributed by atoms with Gasteiger partial charge in [-0.2, -0.15) is 4.98 Å². The molecule has 2 N–H and O–H groups in total. The molecule has 1 aromatic rings. The number of aliphatic hydroxyl groups is 2. The standard InChI is InChI=1S/C14H20N4O4/c1-17-5-2-3-12(17)15-11-4-6-18(14(21)16-11)13-7-9(20)10(8-19)22-13/h4,6,9-10,13,19-20H,2-3,5,7-8H2,1H3/t9-,10+,13+/m0/s1. The summed E-state index contributed by atoms with van der Waals surface area (Å²) in [6.45, 7) is 0.685. The SMILES string of the molecule is CN1CCCC1=Nc1ccn([C@H]2C[C@H](O)[C@@H](CO)O2)c(=O)n1. The van der Waals surface area contributed by atoms with Crippen LogP contribution in [-0.2, 0) is 4.74 Å². The van der Waals surface area contributed by atoms with Gasteiger partial charge in [0.05, 0.1) is 12.7 Å². The van der Waals surface area contributed by atoms with E-state index in [0.29, 0.717) is 5.82 Å². The second-order valence-corrected chi connectivity index (χ2v) is 5.64. The highest BCUT2D eigenvalue weighted by molar-refractivity contribution is 5.85. The first kappa shape index (κ1) is 15.1. The maximum atomic E-state index is 12.1. The van der Waals surface area contributed by atoms with Gasteiger partial charge in [0.15, 0.2) is 5.82 Å². The van der Waals surface area contributed by atoms with E-state index in [1.165, 1.54) is 4.57 Å². The fraction of sp³-hybridized carbons (Fsp3) is 0.643. The maximum Gasteiger partial charge on any atom is 0.351 e. The number of ether oxygens (including phenoxy) is 1. The second-order valence-electron chi connectivity index (χ2n) is 5.64. The molecule has 0 radical (unpaired) electrons. The van der Waals surface area contributed by atoms with Crippen molar-refractivity contribution < 1.29 is 14.9 Å². The van der Waals surface area contributed by atoms with Crippen molar-refractivity contribution in [1.29, 1.82) is 0 Å². The molecular weight excluding hydrogens is 288 g/mol. The van der Waals surface area contributed by atoms with Crippen molar-refractivity contribution in [2.75, 3.05) is 20.2 Å². The molecular formula is C14H20N4O4. The van der Waals surface area contributed by atoms with E-state index in [1.807, 2.05) is 7.05 Å². The van der Waals surface area contributed by atoms with Crippen LogP contribution in [0.3, 0.4) is 0 Å². The lowest BCUT2D eigenvalue weighted by Crippen LogP contribution is -2.27. The molecule has 3 atom stereocenters. The van der Waals surface area contributed by atoms with Crippen molar-refractivity contribution in [3.8, 4) is 0 Å². The summed E-state index contributed by atoms with van der Waals surface area (Å²) in [5, 5.41) is 18.8. The van der Waals surface area contributed by atoms with Crippen LogP contribution in [0.25, 0.3) is 0 Å². The zero-order valence-electron chi connectivity index (χ0n) is 12.4. The summed E-state index contributed by atoms with van der Waals surface area (Å²) in [6, 6.07) is 1.66. The predicted octanol–water partition coefficient (Wildman–Crippen LogP) is -0.360. The zero-order valence-corrected chi connectivity index (χ0v) is 12.4. The Bertz CT molecular complexity index is 630. The van der Waals surface area contributed by atoms with Crippen LogP contribution in [0.4, 0.5) is 5.82 Å². The first-order valence-electron chi connectivity index (χ1n) is 7.41. The van der Waals surface area contributed by atoms with Crippen molar-refractivity contribution in [2.24, 2.45) is 4.99 Å². The molecule has 120 valence electrons. The molecule has 0 aliphatic carbocycles. The monoisotopic (exact) mass is 308 g/mol. The molecule has 2 aliphatic heterocycles. The number of amidine groups is 1. The molecule has 2 aliphatic rings. The number of hydrogen-bond acceptors (Lipinski definition) is 6. The number of aromatic nitrogens is 2. The van der Waals surface area contributed by atoms with Crippen LogP contribution in [0, 0.1) is 0 Å². The fourth-order valence-corrected chi connectivity index (χ4v) is 2.80. The summed E-state index contributed by atoms with van der Waals surface area (Å²) in [5.41, 5.74) is -0.474. The van der Waals surface area contributed by atoms with Gasteiger partial charge in [0, 0.05) is 32.6 Å². The molecule has 0 bridgehead atoms. The molecule has 8 nitrogen and oxygen atoms in total. The van der Waals surface area contributed by atoms with Crippen LogP contribution in [0.15, 0.2) is 22.1 Å². The molecule has 0 unspecified atom stereocenters. The van der Waals surface area contributed by atoms with Gasteiger partial charge in [0.25, 0.3) is 0 Å². The molecule has 0 aromatic carbocycles. The van der Waals surface area contributed by atoms with Gasteiger partial charge in [0.2, 0.25) is 0 Å². The summed E-state index contributed by atoms with van der Waals surface area (Å²) in [7, 11) is 1.97. The molecule has 0 saturated carbocycles. The first-order chi connectivity index (χ1) is 10.6. The molecule has 0 spiro atoms. The van der Waals surface area contributed by atoms with E-state index in [0.717, 1.165) is 25.2 Å². The van der Waals surface area contributed by atoms with E-state index >= 15 is 0 Å². The van der Waals surface area contributed by atoms with Gasteiger partial charge in [-0.25, -0.2) is 9.79 Å². The second kappa shape index (κ2) is 6.15. The van der Waals surface area contributed by atoms with E-state index in [2.05, 4.69) is 14.9 Å². The topological polar surface area (TPSA) is 100 Å².